The van der Waals surface area contributed by atoms with E-state index < -0.39 is 0 Å². The molecule has 0 spiro atoms. The van der Waals surface area contributed by atoms with E-state index in [1.165, 1.54) is 18.3 Å². The topological polar surface area (TPSA) is 34.1 Å². The van der Waals surface area contributed by atoms with Gasteiger partial charge in [-0.1, -0.05) is 11.6 Å². The summed E-state index contributed by atoms with van der Waals surface area (Å²) in [7, 11) is 1.83. The molecule has 6 heteroatoms. The van der Waals surface area contributed by atoms with Gasteiger partial charge in [0.2, 0.25) is 5.88 Å². The maximum Gasteiger partial charge on any atom is 0.219 e. The molecule has 1 heterocycles. The Morgan fingerprint density at radius 1 is 1.42 bits per heavy atom. The fourth-order valence-electron chi connectivity index (χ4n) is 1.50. The molecule has 0 fully saturated rings. The van der Waals surface area contributed by atoms with Crippen molar-refractivity contribution >= 4 is 27.5 Å². The van der Waals surface area contributed by atoms with Crippen molar-refractivity contribution in [2.24, 2.45) is 0 Å². The van der Waals surface area contributed by atoms with Gasteiger partial charge in [0.05, 0.1) is 9.50 Å². The maximum atomic E-state index is 13.1. The Balaban J connectivity index is 2.22. The monoisotopic (exact) mass is 344 g/mol. The zero-order valence-electron chi connectivity index (χ0n) is 10.1. The third-order valence-electron chi connectivity index (χ3n) is 2.39. The molecular weight excluding hydrogens is 335 g/mol. The molecule has 19 heavy (non-hydrogen) atoms. The van der Waals surface area contributed by atoms with E-state index in [4.69, 9.17) is 16.3 Å². The molecule has 1 aromatic carbocycles. The van der Waals surface area contributed by atoms with E-state index in [0.29, 0.717) is 27.7 Å². The Morgan fingerprint density at radius 3 is 2.89 bits per heavy atom. The quantitative estimate of drug-likeness (QED) is 0.904. The van der Waals surface area contributed by atoms with Crippen molar-refractivity contribution < 1.29 is 9.13 Å². The number of rotatable bonds is 4. The number of hydrogen-bond donors (Lipinski definition) is 1. The van der Waals surface area contributed by atoms with E-state index in [1.807, 2.05) is 7.05 Å². The molecule has 0 aliphatic heterocycles. The van der Waals surface area contributed by atoms with Crippen LogP contribution in [0, 0.1) is 5.82 Å². The normalized spacial score (nSPS) is 10.5. The minimum atomic E-state index is -0.340. The Labute approximate surface area is 123 Å². The summed E-state index contributed by atoms with van der Waals surface area (Å²) in [5.74, 6) is 0.568. The highest BCUT2D eigenvalue weighted by Gasteiger charge is 2.06. The van der Waals surface area contributed by atoms with Gasteiger partial charge >= 0.3 is 0 Å². The standard InChI is InChI=1S/C13H11BrClFN2O/c1-17-6-8-4-13(18-7-11(8)15)19-9-2-3-12(16)10(14)5-9/h2-5,7,17H,6H2,1H3. The Bertz CT molecular complexity index is 595. The van der Waals surface area contributed by atoms with Crippen molar-refractivity contribution in [3.8, 4) is 11.6 Å². The van der Waals surface area contributed by atoms with Gasteiger partial charge in [0.25, 0.3) is 0 Å². The molecule has 0 radical (unpaired) electrons. The molecule has 100 valence electrons. The average Bonchev–Trinajstić information content (AvgIpc) is 2.38. The number of nitrogens with zero attached hydrogens (tertiary/aromatic N) is 1. The molecule has 0 amide bonds. The van der Waals surface area contributed by atoms with Crippen LogP contribution in [0.2, 0.25) is 5.02 Å². The van der Waals surface area contributed by atoms with Crippen LogP contribution < -0.4 is 10.1 Å². The summed E-state index contributed by atoms with van der Waals surface area (Å²) in [6.07, 6.45) is 1.53. The highest BCUT2D eigenvalue weighted by molar-refractivity contribution is 9.10. The first-order valence-electron chi connectivity index (χ1n) is 5.52. The first-order chi connectivity index (χ1) is 9.10. The SMILES string of the molecule is CNCc1cc(Oc2ccc(F)c(Br)c2)ncc1Cl. The lowest BCUT2D eigenvalue weighted by molar-refractivity contribution is 0.459. The van der Waals surface area contributed by atoms with Gasteiger partial charge in [-0.2, -0.15) is 0 Å². The minimum absolute atomic E-state index is 0.340. The second-order valence-corrected chi connectivity index (χ2v) is 5.08. The largest absolute Gasteiger partial charge is 0.439 e. The lowest BCUT2D eigenvalue weighted by atomic mass is 10.2. The molecule has 0 atom stereocenters. The van der Waals surface area contributed by atoms with E-state index in [-0.39, 0.29) is 5.82 Å². The summed E-state index contributed by atoms with van der Waals surface area (Å²) in [4.78, 5) is 4.08. The summed E-state index contributed by atoms with van der Waals surface area (Å²) >= 11 is 9.11. The van der Waals surface area contributed by atoms with E-state index >= 15 is 0 Å². The van der Waals surface area contributed by atoms with Gasteiger partial charge in [-0.15, -0.1) is 0 Å². The van der Waals surface area contributed by atoms with E-state index in [0.717, 1.165) is 5.56 Å². The smallest absolute Gasteiger partial charge is 0.219 e. The van der Waals surface area contributed by atoms with Gasteiger partial charge in [-0.3, -0.25) is 0 Å². The van der Waals surface area contributed by atoms with Crippen LogP contribution in [0.5, 0.6) is 11.6 Å². The highest BCUT2D eigenvalue weighted by atomic mass is 79.9. The fourth-order valence-corrected chi connectivity index (χ4v) is 2.03. The van der Waals surface area contributed by atoms with Gasteiger partial charge in [0.1, 0.15) is 11.6 Å². The Kier molecular flexibility index (Phi) is 4.74. The molecule has 1 aromatic heterocycles. The van der Waals surface area contributed by atoms with Crippen molar-refractivity contribution in [2.45, 2.75) is 6.54 Å². The Morgan fingerprint density at radius 2 is 2.21 bits per heavy atom. The first kappa shape index (κ1) is 14.2. The predicted octanol–water partition coefficient (Wildman–Crippen LogP) is 4.15. The number of halogens is 3. The molecule has 0 unspecified atom stereocenters. The maximum absolute atomic E-state index is 13.1. The summed E-state index contributed by atoms with van der Waals surface area (Å²) < 4.78 is 19.0. The second kappa shape index (κ2) is 6.32. The minimum Gasteiger partial charge on any atom is -0.439 e. The van der Waals surface area contributed by atoms with E-state index in [1.54, 1.807) is 12.1 Å². The highest BCUT2D eigenvalue weighted by Crippen LogP contribution is 2.27. The van der Waals surface area contributed by atoms with Crippen molar-refractivity contribution in [3.63, 3.8) is 0 Å². The molecule has 0 saturated carbocycles. The lowest BCUT2D eigenvalue weighted by Crippen LogP contribution is -2.06. The van der Waals surface area contributed by atoms with E-state index in [2.05, 4.69) is 26.2 Å². The fraction of sp³-hybridized carbons (Fsp3) is 0.154. The van der Waals surface area contributed by atoms with Crippen molar-refractivity contribution in [2.75, 3.05) is 7.05 Å². The van der Waals surface area contributed by atoms with Crippen molar-refractivity contribution in [1.29, 1.82) is 0 Å². The van der Waals surface area contributed by atoms with Gasteiger partial charge in [0, 0.05) is 18.8 Å². The summed E-state index contributed by atoms with van der Waals surface area (Å²) in [6.45, 7) is 0.616. The molecule has 1 N–H and O–H groups in total. The number of ether oxygens (including phenoxy) is 1. The summed E-state index contributed by atoms with van der Waals surface area (Å²) in [5.41, 5.74) is 0.885. The molecule has 0 aliphatic rings. The number of nitrogens with one attached hydrogen (secondary N) is 1. The van der Waals surface area contributed by atoms with Crippen LogP contribution in [0.15, 0.2) is 34.9 Å². The van der Waals surface area contributed by atoms with Gasteiger partial charge in [-0.25, -0.2) is 9.37 Å². The van der Waals surface area contributed by atoms with Crippen LogP contribution in [0.25, 0.3) is 0 Å². The third kappa shape index (κ3) is 3.65. The summed E-state index contributed by atoms with van der Waals surface area (Å²) in [6, 6.07) is 6.15. The van der Waals surface area contributed by atoms with Gasteiger partial charge in [-0.05, 0) is 46.7 Å². The number of pyridine rings is 1. The molecule has 3 nitrogen and oxygen atoms in total. The molecule has 0 aliphatic carbocycles. The molecule has 2 aromatic rings. The van der Waals surface area contributed by atoms with Crippen LogP contribution in [0.4, 0.5) is 4.39 Å². The van der Waals surface area contributed by atoms with Crippen LogP contribution in [0.3, 0.4) is 0 Å². The first-order valence-corrected chi connectivity index (χ1v) is 6.69. The van der Waals surface area contributed by atoms with Gasteiger partial charge in [0.15, 0.2) is 0 Å². The molecular formula is C13H11BrClFN2O. The van der Waals surface area contributed by atoms with Crippen LogP contribution >= 0.6 is 27.5 Å². The summed E-state index contributed by atoms with van der Waals surface area (Å²) in [5, 5.41) is 3.58. The number of hydrogen-bond acceptors (Lipinski definition) is 3. The van der Waals surface area contributed by atoms with Crippen LogP contribution in [-0.4, -0.2) is 12.0 Å². The zero-order chi connectivity index (χ0) is 13.8. The van der Waals surface area contributed by atoms with Gasteiger partial charge < -0.3 is 10.1 Å². The van der Waals surface area contributed by atoms with Crippen LogP contribution in [-0.2, 0) is 6.54 Å². The van der Waals surface area contributed by atoms with E-state index in [9.17, 15) is 4.39 Å². The van der Waals surface area contributed by atoms with Crippen molar-refractivity contribution in [3.05, 3.63) is 51.3 Å². The lowest BCUT2D eigenvalue weighted by Gasteiger charge is -2.08. The predicted molar refractivity (Wildman–Crippen MR) is 76.2 cm³/mol. The number of benzene rings is 1. The van der Waals surface area contributed by atoms with Crippen molar-refractivity contribution in [1.82, 2.24) is 10.3 Å². The zero-order valence-corrected chi connectivity index (χ0v) is 12.4. The van der Waals surface area contributed by atoms with Crippen LogP contribution in [0.1, 0.15) is 5.56 Å². The average molecular weight is 346 g/mol. The Hall–Kier alpha value is -1.17. The number of aromatic nitrogens is 1. The molecule has 0 bridgehead atoms. The molecule has 2 rings (SSSR count). The third-order valence-corrected chi connectivity index (χ3v) is 3.34. The molecule has 0 saturated heterocycles. The second-order valence-electron chi connectivity index (χ2n) is 3.82.